The minimum Gasteiger partial charge on any atom is -0.300 e. The van der Waals surface area contributed by atoms with Crippen LogP contribution in [0.1, 0.15) is 65.7 Å². The molecule has 0 spiro atoms. The van der Waals surface area contributed by atoms with Gasteiger partial charge in [0.2, 0.25) is 0 Å². The maximum Gasteiger partial charge on any atom is 0.397 e. The van der Waals surface area contributed by atoms with E-state index in [1.807, 2.05) is 13.8 Å². The third-order valence-corrected chi connectivity index (χ3v) is 9.97. The van der Waals surface area contributed by atoms with Crippen molar-refractivity contribution in [2.24, 2.45) is 34.5 Å². The van der Waals surface area contributed by atoms with Gasteiger partial charge in [0.25, 0.3) is 0 Å². The molecule has 0 aliphatic heterocycles. The van der Waals surface area contributed by atoms with Gasteiger partial charge in [0.05, 0.1) is 12.2 Å². The Bertz CT molecular complexity index is 1030. The van der Waals surface area contributed by atoms with E-state index >= 15 is 0 Å². The van der Waals surface area contributed by atoms with Crippen LogP contribution in [0.5, 0.6) is 0 Å². The van der Waals surface area contributed by atoms with Crippen molar-refractivity contribution < 1.29 is 39.1 Å². The molecule has 0 amide bonds. The Morgan fingerprint density at radius 3 is 2.31 bits per heavy atom. The molecular formula is C21H32O9S2. The van der Waals surface area contributed by atoms with Gasteiger partial charge in [0, 0.05) is 5.92 Å². The first kappa shape index (κ1) is 24.3. The maximum absolute atomic E-state index is 12.4. The lowest BCUT2D eigenvalue weighted by Crippen LogP contribution is -2.57. The maximum atomic E-state index is 12.4. The molecule has 11 heteroatoms. The molecule has 0 radical (unpaired) electrons. The van der Waals surface area contributed by atoms with E-state index in [-0.39, 0.29) is 29.5 Å². The van der Waals surface area contributed by atoms with Crippen molar-refractivity contribution >= 4 is 26.6 Å². The summed E-state index contributed by atoms with van der Waals surface area (Å²) >= 11 is 0. The summed E-state index contributed by atoms with van der Waals surface area (Å²) in [6.07, 6.45) is 4.52. The van der Waals surface area contributed by atoms with E-state index in [1.54, 1.807) is 6.92 Å². The molecule has 182 valence electrons. The number of rotatable bonds is 5. The van der Waals surface area contributed by atoms with Gasteiger partial charge >= 0.3 is 20.8 Å². The minimum atomic E-state index is -4.71. The zero-order valence-electron chi connectivity index (χ0n) is 18.6. The van der Waals surface area contributed by atoms with Gasteiger partial charge in [0.1, 0.15) is 5.78 Å². The number of carbonyl (C=O) groups excluding carboxylic acids is 1. The highest BCUT2D eigenvalue weighted by Crippen LogP contribution is 2.67. The quantitative estimate of drug-likeness (QED) is 0.437. The predicted molar refractivity (Wildman–Crippen MR) is 114 cm³/mol. The molecule has 2 N–H and O–H groups in total. The molecule has 9 nitrogen and oxygen atoms in total. The molecule has 3 saturated carbocycles. The Balaban J connectivity index is 1.72. The molecule has 4 aliphatic rings. The van der Waals surface area contributed by atoms with Crippen molar-refractivity contribution in [1.29, 1.82) is 0 Å². The van der Waals surface area contributed by atoms with Gasteiger partial charge in [-0.3, -0.25) is 13.9 Å². The van der Waals surface area contributed by atoms with Gasteiger partial charge in [-0.2, -0.15) is 16.8 Å². The van der Waals surface area contributed by atoms with E-state index < -0.39 is 43.8 Å². The van der Waals surface area contributed by atoms with Crippen LogP contribution in [-0.2, 0) is 34.0 Å². The smallest absolute Gasteiger partial charge is 0.300 e. The molecule has 4 rings (SSSR count). The minimum absolute atomic E-state index is 0.0812. The van der Waals surface area contributed by atoms with Gasteiger partial charge < -0.3 is 0 Å². The zero-order valence-corrected chi connectivity index (χ0v) is 20.2. The number of Topliss-reactive ketones (excluding diaryl/α,β-unsaturated/α-hetero) is 1. The normalized spacial score (nSPS) is 44.2. The van der Waals surface area contributed by atoms with Crippen LogP contribution in [0.25, 0.3) is 0 Å². The lowest BCUT2D eigenvalue weighted by Gasteiger charge is -2.60. The molecular weight excluding hydrogens is 460 g/mol. The molecule has 0 bridgehead atoms. The first-order chi connectivity index (χ1) is 14.6. The van der Waals surface area contributed by atoms with Crippen molar-refractivity contribution in [3.05, 3.63) is 11.6 Å². The van der Waals surface area contributed by atoms with Crippen LogP contribution >= 0.6 is 0 Å². The van der Waals surface area contributed by atoms with Crippen molar-refractivity contribution in [2.45, 2.75) is 77.9 Å². The second kappa shape index (κ2) is 7.84. The fraction of sp³-hybridized carbons (Fsp3) is 0.857. The fourth-order valence-electron chi connectivity index (χ4n) is 7.89. The molecule has 3 fully saturated rings. The fourth-order valence-corrected chi connectivity index (χ4v) is 8.90. The molecule has 0 aromatic rings. The number of hydrogen-bond acceptors (Lipinski definition) is 7. The van der Waals surface area contributed by atoms with Crippen molar-refractivity contribution in [2.75, 3.05) is 0 Å². The third kappa shape index (κ3) is 4.20. The first-order valence-corrected chi connectivity index (χ1v) is 13.9. The molecule has 8 atom stereocenters. The number of ketones is 1. The Morgan fingerprint density at radius 1 is 1.06 bits per heavy atom. The lowest BCUT2D eigenvalue weighted by atomic mass is 9.46. The first-order valence-electron chi connectivity index (χ1n) is 11.2. The summed E-state index contributed by atoms with van der Waals surface area (Å²) in [6.45, 7) is 5.67. The lowest BCUT2D eigenvalue weighted by molar-refractivity contribution is -0.136. The van der Waals surface area contributed by atoms with Crippen LogP contribution in [0.2, 0.25) is 0 Å². The highest BCUT2D eigenvalue weighted by molar-refractivity contribution is 7.81. The Labute approximate surface area is 189 Å². The molecule has 0 heterocycles. The molecule has 0 saturated heterocycles. The molecule has 32 heavy (non-hydrogen) atoms. The summed E-state index contributed by atoms with van der Waals surface area (Å²) in [5.74, 6) is 0.0276. The van der Waals surface area contributed by atoms with E-state index in [0.29, 0.717) is 32.1 Å². The third-order valence-electron chi connectivity index (χ3n) is 8.96. The highest BCUT2D eigenvalue weighted by Gasteiger charge is 2.63. The second-order valence-electron chi connectivity index (χ2n) is 10.6. The van der Waals surface area contributed by atoms with Crippen LogP contribution in [0.15, 0.2) is 11.6 Å². The monoisotopic (exact) mass is 492 g/mol. The Morgan fingerprint density at radius 2 is 1.72 bits per heavy atom. The van der Waals surface area contributed by atoms with Crippen LogP contribution < -0.4 is 0 Å². The number of carbonyl (C=O) groups is 1. The van der Waals surface area contributed by atoms with E-state index in [2.05, 4.69) is 6.08 Å². The summed E-state index contributed by atoms with van der Waals surface area (Å²) < 4.78 is 74.7. The Hall–Kier alpha value is -0.850. The van der Waals surface area contributed by atoms with Gasteiger partial charge in [-0.05, 0) is 80.5 Å². The van der Waals surface area contributed by atoms with Crippen molar-refractivity contribution in [1.82, 2.24) is 0 Å². The van der Waals surface area contributed by atoms with E-state index in [1.165, 1.54) is 0 Å². The standard InChI is InChI=1S/C21H32O9S2/c1-12(22)16-6-7-17-15-5-4-13-10-14(29-31(23,24)25)8-9-20(13,2)19(15)18(11-21(16,17)3)30-32(26,27)28/h4,14-19H,5-11H2,1-3H3,(H,23,24,25)(H,26,27,28)/t14-,15?,16?,17?,18?,19?,20-,21+/m0/s1. The summed E-state index contributed by atoms with van der Waals surface area (Å²) in [7, 11) is -9.28. The van der Waals surface area contributed by atoms with Gasteiger partial charge in [0.15, 0.2) is 0 Å². The van der Waals surface area contributed by atoms with Gasteiger partial charge in [-0.25, -0.2) is 8.37 Å². The predicted octanol–water partition coefficient (Wildman–Crippen LogP) is 3.14. The summed E-state index contributed by atoms with van der Waals surface area (Å²) in [6, 6.07) is 0. The summed E-state index contributed by atoms with van der Waals surface area (Å²) in [5, 5.41) is 0. The highest BCUT2D eigenvalue weighted by atomic mass is 32.3. The summed E-state index contributed by atoms with van der Waals surface area (Å²) in [4.78, 5) is 12.4. The van der Waals surface area contributed by atoms with Crippen LogP contribution in [0.4, 0.5) is 0 Å². The van der Waals surface area contributed by atoms with Gasteiger partial charge in [-0.1, -0.05) is 25.5 Å². The van der Waals surface area contributed by atoms with Crippen LogP contribution in [0, 0.1) is 34.5 Å². The van der Waals surface area contributed by atoms with Gasteiger partial charge in [-0.15, -0.1) is 0 Å². The van der Waals surface area contributed by atoms with Crippen LogP contribution in [0.3, 0.4) is 0 Å². The largest absolute Gasteiger partial charge is 0.397 e. The summed E-state index contributed by atoms with van der Waals surface area (Å²) in [5.41, 5.74) is 0.0924. The topological polar surface area (TPSA) is 144 Å². The average molecular weight is 493 g/mol. The van der Waals surface area contributed by atoms with Crippen molar-refractivity contribution in [3.63, 3.8) is 0 Å². The molecule has 4 aliphatic carbocycles. The zero-order chi connectivity index (χ0) is 23.7. The van der Waals surface area contributed by atoms with Crippen LogP contribution in [-0.4, -0.2) is 43.9 Å². The van der Waals surface area contributed by atoms with E-state index in [9.17, 15) is 26.2 Å². The molecule has 0 aromatic heterocycles. The second-order valence-corrected chi connectivity index (χ2v) is 12.7. The number of allylic oxidation sites excluding steroid dienone is 1. The number of fused-ring (bicyclic) bond motifs is 5. The SMILES string of the molecule is CC(=O)C1CCC2C3CC=C4C[C@@H](OS(=O)(=O)O)CC[C@]4(C)C3C(OS(=O)(=O)O)C[C@]12C. The average Bonchev–Trinajstić information content (AvgIpc) is 2.96. The van der Waals surface area contributed by atoms with E-state index in [4.69, 9.17) is 12.9 Å². The Kier molecular flexibility index (Phi) is 5.95. The number of hydrogen-bond donors (Lipinski definition) is 2. The molecule has 5 unspecified atom stereocenters. The van der Waals surface area contributed by atoms with E-state index in [0.717, 1.165) is 18.4 Å². The van der Waals surface area contributed by atoms with Crippen molar-refractivity contribution in [3.8, 4) is 0 Å². The molecule has 0 aromatic carbocycles.